The van der Waals surface area contributed by atoms with Gasteiger partial charge in [-0.1, -0.05) is 12.1 Å². The summed E-state index contributed by atoms with van der Waals surface area (Å²) in [7, 11) is 0.659. The van der Waals surface area contributed by atoms with Crippen molar-refractivity contribution in [1.29, 1.82) is 0 Å². The molecule has 0 bridgehead atoms. The number of hydrogen-bond donors (Lipinski definition) is 2. The van der Waals surface area contributed by atoms with Crippen LogP contribution in [0.1, 0.15) is 18.9 Å². The topological polar surface area (TPSA) is 83.0 Å². The van der Waals surface area contributed by atoms with Crippen molar-refractivity contribution in [3.63, 3.8) is 0 Å². The maximum Gasteiger partial charge on any atom is 0.191 e. The van der Waals surface area contributed by atoms with E-state index >= 15 is 0 Å². The number of benzene rings is 1. The molecule has 1 aromatic carbocycles. The van der Waals surface area contributed by atoms with Crippen LogP contribution >= 0.6 is 24.0 Å². The van der Waals surface area contributed by atoms with Crippen LogP contribution in [0.15, 0.2) is 34.2 Å². The zero-order valence-corrected chi connectivity index (χ0v) is 20.5. The quantitative estimate of drug-likeness (QED) is 0.187. The first kappa shape index (κ1) is 27.1. The highest BCUT2D eigenvalue weighted by atomic mass is 127. The monoisotopic (exact) mass is 526 g/mol. The molecule has 0 amide bonds. The number of nitrogens with one attached hydrogen (secondary N) is 2. The molecular weight excluding hydrogens is 491 g/mol. The van der Waals surface area contributed by atoms with Gasteiger partial charge in [0.25, 0.3) is 0 Å². The van der Waals surface area contributed by atoms with E-state index in [4.69, 9.17) is 4.74 Å². The molecule has 0 aliphatic rings. The largest absolute Gasteiger partial charge is 0.383 e. The molecule has 1 aromatic rings. The van der Waals surface area contributed by atoms with E-state index in [2.05, 4.69) is 27.6 Å². The van der Waals surface area contributed by atoms with E-state index in [1.165, 1.54) is 6.26 Å². The van der Waals surface area contributed by atoms with Crippen LogP contribution in [-0.4, -0.2) is 79.0 Å². The van der Waals surface area contributed by atoms with Crippen molar-refractivity contribution < 1.29 is 13.2 Å². The highest BCUT2D eigenvalue weighted by molar-refractivity contribution is 14.0. The Morgan fingerprint density at radius 1 is 1.18 bits per heavy atom. The highest BCUT2D eigenvalue weighted by Crippen LogP contribution is 2.10. The van der Waals surface area contributed by atoms with E-state index in [9.17, 15) is 8.42 Å². The molecule has 0 radical (unpaired) electrons. The van der Waals surface area contributed by atoms with Gasteiger partial charge in [-0.15, -0.1) is 24.0 Å². The third-order valence-corrected chi connectivity index (χ3v) is 5.18. The predicted octanol–water partition coefficient (Wildman–Crippen LogP) is 1.77. The first-order chi connectivity index (χ1) is 12.9. The molecule has 9 heteroatoms. The third-order valence-electron chi connectivity index (χ3n) is 4.05. The Kier molecular flexibility index (Phi) is 14.5. The zero-order valence-electron chi connectivity index (χ0n) is 17.4. The number of aliphatic imine (C=N–C) groups is 1. The van der Waals surface area contributed by atoms with E-state index in [0.717, 1.165) is 63.7 Å². The smallest absolute Gasteiger partial charge is 0.191 e. The van der Waals surface area contributed by atoms with Gasteiger partial charge in [0.2, 0.25) is 0 Å². The molecule has 0 heterocycles. The summed E-state index contributed by atoms with van der Waals surface area (Å²) in [6.07, 6.45) is 3.01. The predicted molar refractivity (Wildman–Crippen MR) is 127 cm³/mol. The van der Waals surface area contributed by atoms with Crippen molar-refractivity contribution in [2.24, 2.45) is 4.99 Å². The van der Waals surface area contributed by atoms with Gasteiger partial charge in [-0.25, -0.2) is 8.42 Å². The van der Waals surface area contributed by atoms with Gasteiger partial charge in [0, 0.05) is 39.5 Å². The molecule has 1 rings (SSSR count). The summed E-state index contributed by atoms with van der Waals surface area (Å²) in [6.45, 7) is 7.00. The number of ether oxygens (including phenoxy) is 1. The maximum atomic E-state index is 11.5. The van der Waals surface area contributed by atoms with Crippen LogP contribution in [-0.2, 0) is 21.0 Å². The number of methoxy groups -OCH3 is 1. The number of sulfone groups is 1. The number of rotatable bonds is 12. The molecule has 0 aromatic heterocycles. The minimum atomic E-state index is -3.14. The summed E-state index contributed by atoms with van der Waals surface area (Å²) in [5, 5.41) is 6.57. The Labute approximate surface area is 187 Å². The molecule has 2 N–H and O–H groups in total. The van der Waals surface area contributed by atoms with Crippen LogP contribution in [0.25, 0.3) is 0 Å². The lowest BCUT2D eigenvalue weighted by atomic mass is 10.1. The molecule has 0 atom stereocenters. The van der Waals surface area contributed by atoms with Crippen molar-refractivity contribution in [3.8, 4) is 0 Å². The summed E-state index contributed by atoms with van der Waals surface area (Å²) in [5.74, 6) is 0.810. The fraction of sp³-hybridized carbons (Fsp3) is 0.632. The van der Waals surface area contributed by atoms with Crippen molar-refractivity contribution in [2.45, 2.75) is 24.7 Å². The molecule has 28 heavy (non-hydrogen) atoms. The Bertz CT molecular complexity index is 666. The van der Waals surface area contributed by atoms with E-state index in [1.54, 1.807) is 19.2 Å². The summed E-state index contributed by atoms with van der Waals surface area (Å²) in [5.41, 5.74) is 1.09. The van der Waals surface area contributed by atoms with Gasteiger partial charge < -0.3 is 20.3 Å². The second-order valence-electron chi connectivity index (χ2n) is 6.50. The summed E-state index contributed by atoms with van der Waals surface area (Å²) in [4.78, 5) is 7.19. The second-order valence-corrected chi connectivity index (χ2v) is 8.52. The number of nitrogens with zero attached hydrogens (tertiary/aromatic N) is 2. The van der Waals surface area contributed by atoms with E-state index < -0.39 is 9.84 Å². The molecule has 0 saturated heterocycles. The Balaban J connectivity index is 0.00000729. The highest BCUT2D eigenvalue weighted by Gasteiger charge is 2.06. The summed E-state index contributed by atoms with van der Waals surface area (Å²) < 4.78 is 28.1. The zero-order chi connectivity index (χ0) is 20.1. The van der Waals surface area contributed by atoms with Crippen LogP contribution in [0.2, 0.25) is 0 Å². The average molecular weight is 526 g/mol. The number of halogens is 1. The normalized spacial score (nSPS) is 12.0. The van der Waals surface area contributed by atoms with Crippen molar-refractivity contribution in [3.05, 3.63) is 29.8 Å². The minimum Gasteiger partial charge on any atom is -0.383 e. The summed E-state index contributed by atoms with van der Waals surface area (Å²) >= 11 is 0. The van der Waals surface area contributed by atoms with Gasteiger partial charge in [0.1, 0.15) is 0 Å². The lowest BCUT2D eigenvalue weighted by Gasteiger charge is -2.15. The molecule has 0 aliphatic carbocycles. The molecule has 0 unspecified atom stereocenters. The lowest BCUT2D eigenvalue weighted by molar-refractivity contribution is 0.161. The van der Waals surface area contributed by atoms with Crippen molar-refractivity contribution in [1.82, 2.24) is 15.5 Å². The van der Waals surface area contributed by atoms with Gasteiger partial charge in [-0.05, 0) is 51.1 Å². The van der Waals surface area contributed by atoms with E-state index in [-0.39, 0.29) is 24.0 Å². The van der Waals surface area contributed by atoms with Gasteiger partial charge in [0.15, 0.2) is 15.8 Å². The Hall–Kier alpha value is -0.910. The van der Waals surface area contributed by atoms with Crippen molar-refractivity contribution >= 4 is 39.8 Å². The molecule has 0 aliphatic heterocycles. The lowest BCUT2D eigenvalue weighted by Crippen LogP contribution is -2.38. The standard InChI is InChI=1S/C19H34N4O3S.HI/c1-5-20-19(21-12-6-14-23(2)15-16-26-3)22-13-11-17-7-9-18(10-8-17)27(4,24)25;/h7-10H,5-6,11-16H2,1-4H3,(H2,20,21,22);1H. The SMILES string of the molecule is CCNC(=NCCCN(C)CCOC)NCCc1ccc(S(C)(=O)=O)cc1.I. The number of hydrogen-bond acceptors (Lipinski definition) is 5. The average Bonchev–Trinajstić information content (AvgIpc) is 2.63. The number of likely N-dealkylation sites (N-methyl/N-ethyl adjacent to an activating group) is 1. The molecule has 7 nitrogen and oxygen atoms in total. The second kappa shape index (κ2) is 15.0. The van der Waals surface area contributed by atoms with Gasteiger partial charge in [0.05, 0.1) is 11.5 Å². The fourth-order valence-electron chi connectivity index (χ4n) is 2.46. The van der Waals surface area contributed by atoms with Crippen LogP contribution in [0.5, 0.6) is 0 Å². The molecule has 162 valence electrons. The molecular formula is C19H35IN4O3S. The molecule has 0 spiro atoms. The molecule has 0 fully saturated rings. The first-order valence-corrected chi connectivity index (χ1v) is 11.2. The summed E-state index contributed by atoms with van der Waals surface area (Å²) in [6, 6.07) is 7.03. The van der Waals surface area contributed by atoms with Crippen LogP contribution in [0.4, 0.5) is 0 Å². The minimum absolute atomic E-state index is 0. The Morgan fingerprint density at radius 3 is 2.43 bits per heavy atom. The van der Waals surface area contributed by atoms with Crippen LogP contribution < -0.4 is 10.6 Å². The van der Waals surface area contributed by atoms with Gasteiger partial charge in [-0.3, -0.25) is 4.99 Å². The van der Waals surface area contributed by atoms with E-state index in [1.807, 2.05) is 19.1 Å². The molecule has 0 saturated carbocycles. The maximum absolute atomic E-state index is 11.5. The van der Waals surface area contributed by atoms with E-state index in [0.29, 0.717) is 4.90 Å². The number of guanidine groups is 1. The van der Waals surface area contributed by atoms with Crippen LogP contribution in [0, 0.1) is 0 Å². The first-order valence-electron chi connectivity index (χ1n) is 9.35. The van der Waals surface area contributed by atoms with Crippen molar-refractivity contribution in [2.75, 3.05) is 59.7 Å². The van der Waals surface area contributed by atoms with Crippen LogP contribution in [0.3, 0.4) is 0 Å². The fourth-order valence-corrected chi connectivity index (χ4v) is 3.09. The Morgan fingerprint density at radius 2 is 1.86 bits per heavy atom. The van der Waals surface area contributed by atoms with Gasteiger partial charge in [-0.2, -0.15) is 0 Å². The van der Waals surface area contributed by atoms with Gasteiger partial charge >= 0.3 is 0 Å². The third kappa shape index (κ3) is 11.8.